The predicted octanol–water partition coefficient (Wildman–Crippen LogP) is 5.33. The monoisotopic (exact) mass is 687 g/mol. The zero-order valence-electron chi connectivity index (χ0n) is 29.0. The Morgan fingerprint density at radius 1 is 1.08 bits per heavy atom. The molecule has 0 radical (unpaired) electrons. The van der Waals surface area contributed by atoms with E-state index >= 15 is 0 Å². The van der Waals surface area contributed by atoms with E-state index in [1.165, 1.54) is 0 Å². The number of rotatable bonds is 11. The average Bonchev–Trinajstić information content (AvgIpc) is 3.44. The molecular formula is C37H46ClN7O4. The molecule has 49 heavy (non-hydrogen) atoms. The minimum absolute atomic E-state index is 0.115. The number of fused-ring (bicyclic) bond motifs is 1. The summed E-state index contributed by atoms with van der Waals surface area (Å²) in [5, 5.41) is 14.0. The number of imidazole rings is 1. The fourth-order valence-corrected chi connectivity index (χ4v) is 7.37. The van der Waals surface area contributed by atoms with Crippen LogP contribution in [0.2, 0.25) is 5.02 Å². The molecular weight excluding hydrogens is 642 g/mol. The molecule has 4 aromatic rings. The molecule has 1 saturated heterocycles. The summed E-state index contributed by atoms with van der Waals surface area (Å²) >= 11 is 6.83. The topological polar surface area (TPSA) is 143 Å². The summed E-state index contributed by atoms with van der Waals surface area (Å²) in [6, 6.07) is 13.9. The summed E-state index contributed by atoms with van der Waals surface area (Å²) in [6.45, 7) is 11.0. The van der Waals surface area contributed by atoms with E-state index < -0.39 is 22.9 Å². The number of aryl methyl sites for hydroxylation is 1. The van der Waals surface area contributed by atoms with Crippen LogP contribution in [0.5, 0.6) is 0 Å². The third-order valence-corrected chi connectivity index (χ3v) is 10.6. The number of halogens is 1. The highest BCUT2D eigenvalue weighted by Gasteiger charge is 2.51. The van der Waals surface area contributed by atoms with Gasteiger partial charge in [-0.15, -0.1) is 0 Å². The molecule has 6 rings (SSSR count). The van der Waals surface area contributed by atoms with Crippen LogP contribution in [0.15, 0.2) is 54.7 Å². The minimum Gasteiger partial charge on any atom is -0.380 e. The van der Waals surface area contributed by atoms with Gasteiger partial charge in [0.05, 0.1) is 29.1 Å². The Hall–Kier alpha value is -4.22. The van der Waals surface area contributed by atoms with E-state index in [2.05, 4.69) is 33.0 Å². The fourth-order valence-electron chi connectivity index (χ4n) is 7.11. The minimum atomic E-state index is -0.996. The van der Waals surface area contributed by atoms with E-state index in [-0.39, 0.29) is 35.7 Å². The van der Waals surface area contributed by atoms with Crippen LogP contribution in [-0.4, -0.2) is 63.3 Å². The summed E-state index contributed by atoms with van der Waals surface area (Å²) in [4.78, 5) is 49.5. The predicted molar refractivity (Wildman–Crippen MR) is 188 cm³/mol. The lowest BCUT2D eigenvalue weighted by atomic mass is 9.77. The highest BCUT2D eigenvalue weighted by molar-refractivity contribution is 6.31. The third-order valence-electron chi connectivity index (χ3n) is 10.3. The summed E-state index contributed by atoms with van der Waals surface area (Å²) in [5.74, 6) is -0.334. The molecule has 12 heteroatoms. The lowest BCUT2D eigenvalue weighted by Gasteiger charge is -2.34. The fraction of sp³-hybridized carbons (Fsp3) is 0.486. The first-order valence-corrected chi connectivity index (χ1v) is 17.3. The zero-order valence-corrected chi connectivity index (χ0v) is 29.8. The van der Waals surface area contributed by atoms with Gasteiger partial charge in [-0.25, -0.2) is 4.98 Å². The standard InChI is InChI=1S/C37H46ClN7O4/c1-7-39-33(47)30(35(2,3)4)44-34(48)37(17-19-49-21-37)22-12-13-25-26(20-22)42-31(41-25)29(43-32(46)27-14-18-40-45(27)6)28(36(5)15-16-36)23-10-8-9-11-24(23)38/h8-14,18,20,28-30H,7,15-17,19,21H2,1-6H3,(H,39,47)(H,41,42)(H,43,46)(H,44,48)/t28-,29-,30-,37?/m0/s1. The van der Waals surface area contributed by atoms with Crippen molar-refractivity contribution in [2.24, 2.45) is 17.9 Å². The van der Waals surface area contributed by atoms with E-state index in [0.29, 0.717) is 41.6 Å². The number of nitrogens with one attached hydrogen (secondary N) is 4. The number of aromatic nitrogens is 4. The molecule has 2 fully saturated rings. The van der Waals surface area contributed by atoms with Gasteiger partial charge in [-0.1, -0.05) is 63.6 Å². The van der Waals surface area contributed by atoms with Crippen LogP contribution < -0.4 is 16.0 Å². The van der Waals surface area contributed by atoms with E-state index in [4.69, 9.17) is 21.3 Å². The Kier molecular flexibility index (Phi) is 9.36. The van der Waals surface area contributed by atoms with E-state index in [1.54, 1.807) is 24.0 Å². The Labute approximate surface area is 291 Å². The number of benzene rings is 2. The second-order valence-electron chi connectivity index (χ2n) is 14.9. The zero-order chi connectivity index (χ0) is 35.1. The van der Waals surface area contributed by atoms with Gasteiger partial charge in [-0.05, 0) is 72.4 Å². The van der Waals surface area contributed by atoms with Crippen molar-refractivity contribution in [3.63, 3.8) is 0 Å². The molecule has 2 aliphatic rings. The molecule has 2 aromatic heterocycles. The van der Waals surface area contributed by atoms with Crippen molar-refractivity contribution in [3.8, 4) is 0 Å². The molecule has 3 amide bonds. The SMILES string of the molecule is CCNC(=O)[C@H](NC(=O)C1(c2ccc3nc([C@@H](NC(=O)c4ccnn4C)[C@H](c4ccccc4Cl)C4(C)CC4)[nH]c3c2)CCOC1)C(C)(C)C. The van der Waals surface area contributed by atoms with Crippen LogP contribution in [0.25, 0.3) is 11.0 Å². The van der Waals surface area contributed by atoms with Crippen LogP contribution in [0.4, 0.5) is 0 Å². The maximum Gasteiger partial charge on any atom is 0.270 e. The molecule has 1 aliphatic carbocycles. The average molecular weight is 688 g/mol. The van der Waals surface area contributed by atoms with Crippen LogP contribution >= 0.6 is 11.6 Å². The first-order valence-electron chi connectivity index (χ1n) is 17.0. The van der Waals surface area contributed by atoms with Crippen LogP contribution in [0.3, 0.4) is 0 Å². The molecule has 1 unspecified atom stereocenters. The van der Waals surface area contributed by atoms with Crippen LogP contribution in [-0.2, 0) is 26.8 Å². The number of amides is 3. The Morgan fingerprint density at radius 2 is 1.84 bits per heavy atom. The molecule has 11 nitrogen and oxygen atoms in total. The van der Waals surface area contributed by atoms with Gasteiger partial charge >= 0.3 is 0 Å². The van der Waals surface area contributed by atoms with Crippen molar-refractivity contribution in [1.29, 1.82) is 0 Å². The number of hydrogen-bond acceptors (Lipinski definition) is 6. The highest BCUT2D eigenvalue weighted by atomic mass is 35.5. The summed E-state index contributed by atoms with van der Waals surface area (Å²) < 4.78 is 7.38. The van der Waals surface area contributed by atoms with Crippen molar-refractivity contribution >= 4 is 40.4 Å². The van der Waals surface area contributed by atoms with Gasteiger partial charge in [-0.3, -0.25) is 19.1 Å². The Morgan fingerprint density at radius 3 is 2.45 bits per heavy atom. The first kappa shape index (κ1) is 34.6. The van der Waals surface area contributed by atoms with E-state index in [1.807, 2.05) is 70.2 Å². The molecule has 4 atom stereocenters. The molecule has 260 valence electrons. The van der Waals surface area contributed by atoms with Gasteiger partial charge in [0.2, 0.25) is 11.8 Å². The van der Waals surface area contributed by atoms with Gasteiger partial charge in [0.15, 0.2) is 0 Å². The Balaban J connectivity index is 1.40. The molecule has 0 bridgehead atoms. The Bertz CT molecular complexity index is 1870. The normalized spacial score (nSPS) is 20.4. The molecule has 2 aromatic carbocycles. The number of carbonyl (C=O) groups excluding carboxylic acids is 3. The van der Waals surface area contributed by atoms with Crippen molar-refractivity contribution in [2.45, 2.75) is 77.3 Å². The lowest BCUT2D eigenvalue weighted by molar-refractivity contribution is -0.134. The number of ether oxygens (including phenoxy) is 1. The number of carbonyl (C=O) groups is 3. The number of aromatic amines is 1. The van der Waals surface area contributed by atoms with Crippen molar-refractivity contribution in [1.82, 2.24) is 35.7 Å². The van der Waals surface area contributed by atoms with Gasteiger partial charge in [0.25, 0.3) is 5.91 Å². The smallest absolute Gasteiger partial charge is 0.270 e. The second-order valence-corrected chi connectivity index (χ2v) is 15.3. The number of H-pyrrole nitrogens is 1. The van der Waals surface area contributed by atoms with Crippen molar-refractivity contribution in [3.05, 3.63) is 82.4 Å². The molecule has 1 aliphatic heterocycles. The van der Waals surface area contributed by atoms with Gasteiger partial charge < -0.3 is 25.7 Å². The van der Waals surface area contributed by atoms with E-state index in [9.17, 15) is 14.4 Å². The molecule has 3 heterocycles. The maximum atomic E-state index is 14.2. The van der Waals surface area contributed by atoms with Crippen LogP contribution in [0.1, 0.15) is 93.3 Å². The highest BCUT2D eigenvalue weighted by Crippen LogP contribution is 2.60. The lowest BCUT2D eigenvalue weighted by Crippen LogP contribution is -2.58. The summed E-state index contributed by atoms with van der Waals surface area (Å²) in [7, 11) is 1.74. The molecule has 4 N–H and O–H groups in total. The number of hydrogen-bond donors (Lipinski definition) is 4. The summed E-state index contributed by atoms with van der Waals surface area (Å²) in [5.41, 5.74) is 1.94. The largest absolute Gasteiger partial charge is 0.380 e. The van der Waals surface area contributed by atoms with Crippen LogP contribution in [0, 0.1) is 10.8 Å². The number of likely N-dealkylation sites (N-methyl/N-ethyl adjacent to an activating group) is 1. The van der Waals surface area contributed by atoms with Gasteiger partial charge in [0, 0.05) is 37.3 Å². The van der Waals surface area contributed by atoms with Gasteiger partial charge in [-0.2, -0.15) is 5.10 Å². The summed E-state index contributed by atoms with van der Waals surface area (Å²) in [6.07, 6.45) is 4.02. The second kappa shape index (κ2) is 13.2. The first-order chi connectivity index (χ1) is 23.3. The molecule has 0 spiro atoms. The molecule has 1 saturated carbocycles. The number of nitrogens with zero attached hydrogens (tertiary/aromatic N) is 3. The van der Waals surface area contributed by atoms with Crippen molar-refractivity contribution < 1.29 is 19.1 Å². The van der Waals surface area contributed by atoms with Crippen molar-refractivity contribution in [2.75, 3.05) is 19.8 Å². The van der Waals surface area contributed by atoms with Gasteiger partial charge in [0.1, 0.15) is 17.6 Å². The maximum absolute atomic E-state index is 14.2. The third kappa shape index (κ3) is 6.70. The van der Waals surface area contributed by atoms with E-state index in [0.717, 1.165) is 29.5 Å². The quantitative estimate of drug-likeness (QED) is 0.168.